The number of benzene rings is 1. The molecule has 1 aromatic carbocycles. The molecular weight excluding hydrogens is 222 g/mol. The van der Waals surface area contributed by atoms with Crippen molar-refractivity contribution in [2.45, 2.75) is 32.0 Å². The van der Waals surface area contributed by atoms with E-state index in [0.29, 0.717) is 12.4 Å². The molecule has 1 aliphatic rings. The molecule has 1 unspecified atom stereocenters. The lowest BCUT2D eigenvalue weighted by Gasteiger charge is -2.34. The highest BCUT2D eigenvalue weighted by atomic mass is 16.7. The maximum atomic E-state index is 10.6. The number of hydrogen-bond acceptors (Lipinski definition) is 4. The van der Waals surface area contributed by atoms with Crippen molar-refractivity contribution >= 4 is 5.69 Å². The number of ether oxygens (including phenoxy) is 2. The van der Waals surface area contributed by atoms with Gasteiger partial charge in [-0.15, -0.1) is 0 Å². The number of nitro benzene ring substituents is 1. The van der Waals surface area contributed by atoms with Gasteiger partial charge in [0.1, 0.15) is 5.75 Å². The molecule has 1 heterocycles. The van der Waals surface area contributed by atoms with Crippen LogP contribution in [0.25, 0.3) is 0 Å². The summed E-state index contributed by atoms with van der Waals surface area (Å²) >= 11 is 0. The predicted octanol–water partition coefficient (Wildman–Crippen LogP) is 2.89. The Morgan fingerprint density at radius 1 is 1.47 bits per heavy atom. The molecule has 1 saturated heterocycles. The normalized spacial score (nSPS) is 24.3. The van der Waals surface area contributed by atoms with Gasteiger partial charge < -0.3 is 9.47 Å². The summed E-state index contributed by atoms with van der Waals surface area (Å²) in [4.78, 5) is 10.2. The molecule has 1 fully saturated rings. The number of non-ortho nitro benzene ring substituents is 1. The average molecular weight is 237 g/mol. The van der Waals surface area contributed by atoms with Crippen LogP contribution in [-0.4, -0.2) is 17.3 Å². The van der Waals surface area contributed by atoms with Crippen LogP contribution in [0, 0.1) is 10.1 Å². The van der Waals surface area contributed by atoms with Gasteiger partial charge in [0.25, 0.3) is 5.69 Å². The number of nitro groups is 1. The van der Waals surface area contributed by atoms with Gasteiger partial charge in [-0.25, -0.2) is 0 Å². The van der Waals surface area contributed by atoms with Gasteiger partial charge in [-0.2, -0.15) is 0 Å². The zero-order valence-corrected chi connectivity index (χ0v) is 9.72. The van der Waals surface area contributed by atoms with Crippen molar-refractivity contribution in [3.63, 3.8) is 0 Å². The summed E-state index contributed by atoms with van der Waals surface area (Å²) < 4.78 is 11.3. The van der Waals surface area contributed by atoms with Gasteiger partial charge >= 0.3 is 0 Å². The minimum atomic E-state index is -0.659. The molecular formula is C12H15NO4. The molecule has 17 heavy (non-hydrogen) atoms. The second-order valence-corrected chi connectivity index (χ2v) is 4.30. The third-order valence-corrected chi connectivity index (χ3v) is 2.79. The summed E-state index contributed by atoms with van der Waals surface area (Å²) in [6.07, 6.45) is 2.88. The Kier molecular flexibility index (Phi) is 3.28. The van der Waals surface area contributed by atoms with Crippen LogP contribution < -0.4 is 4.74 Å². The van der Waals surface area contributed by atoms with Crippen LogP contribution in [0.15, 0.2) is 24.3 Å². The van der Waals surface area contributed by atoms with Crippen LogP contribution >= 0.6 is 0 Å². The maximum absolute atomic E-state index is 10.6. The van der Waals surface area contributed by atoms with E-state index >= 15 is 0 Å². The molecule has 0 saturated carbocycles. The van der Waals surface area contributed by atoms with Gasteiger partial charge in [0, 0.05) is 19.4 Å². The van der Waals surface area contributed by atoms with E-state index in [-0.39, 0.29) is 5.69 Å². The Bertz CT molecular complexity index is 413. The summed E-state index contributed by atoms with van der Waals surface area (Å²) in [5, 5.41) is 10.6. The van der Waals surface area contributed by atoms with Crippen LogP contribution in [-0.2, 0) is 4.74 Å². The van der Waals surface area contributed by atoms with Crippen molar-refractivity contribution in [1.29, 1.82) is 0 Å². The fourth-order valence-electron chi connectivity index (χ4n) is 1.90. The molecule has 0 spiro atoms. The highest BCUT2D eigenvalue weighted by Crippen LogP contribution is 2.29. The van der Waals surface area contributed by atoms with Crippen molar-refractivity contribution in [1.82, 2.24) is 0 Å². The second-order valence-electron chi connectivity index (χ2n) is 4.30. The molecule has 0 amide bonds. The highest BCUT2D eigenvalue weighted by molar-refractivity contribution is 5.38. The number of nitrogens with zero attached hydrogens (tertiary/aromatic N) is 1. The standard InChI is InChI=1S/C12H15NO4/c1-12(7-2-3-8-16-12)17-11-6-4-5-10(9-11)13(14)15/h4-6,9H,2-3,7-8H2,1H3. The topological polar surface area (TPSA) is 61.6 Å². The fraction of sp³-hybridized carbons (Fsp3) is 0.500. The lowest BCUT2D eigenvalue weighted by atomic mass is 10.1. The van der Waals surface area contributed by atoms with Gasteiger partial charge in [0.2, 0.25) is 5.79 Å². The van der Waals surface area contributed by atoms with Gasteiger partial charge in [0.15, 0.2) is 0 Å². The zero-order valence-electron chi connectivity index (χ0n) is 9.72. The summed E-state index contributed by atoms with van der Waals surface area (Å²) in [6.45, 7) is 2.54. The third kappa shape index (κ3) is 2.94. The molecule has 1 atom stereocenters. The smallest absolute Gasteiger partial charge is 0.273 e. The van der Waals surface area contributed by atoms with E-state index in [1.165, 1.54) is 12.1 Å². The molecule has 1 aliphatic heterocycles. The van der Waals surface area contributed by atoms with E-state index < -0.39 is 10.7 Å². The summed E-state index contributed by atoms with van der Waals surface area (Å²) in [6, 6.07) is 6.18. The molecule has 92 valence electrons. The van der Waals surface area contributed by atoms with Crippen molar-refractivity contribution < 1.29 is 14.4 Å². The Morgan fingerprint density at radius 3 is 2.94 bits per heavy atom. The Balaban J connectivity index is 2.12. The quantitative estimate of drug-likeness (QED) is 0.599. The van der Waals surface area contributed by atoms with Gasteiger partial charge in [0.05, 0.1) is 17.6 Å². The van der Waals surface area contributed by atoms with Crippen molar-refractivity contribution in [2.75, 3.05) is 6.61 Å². The minimum absolute atomic E-state index is 0.0295. The first-order chi connectivity index (χ1) is 8.09. The van der Waals surface area contributed by atoms with Crippen molar-refractivity contribution in [3.05, 3.63) is 34.4 Å². The third-order valence-electron chi connectivity index (χ3n) is 2.79. The molecule has 1 aromatic rings. The van der Waals surface area contributed by atoms with Crippen LogP contribution in [0.3, 0.4) is 0 Å². The monoisotopic (exact) mass is 237 g/mol. The number of rotatable bonds is 3. The average Bonchev–Trinajstić information content (AvgIpc) is 2.29. The number of hydrogen-bond donors (Lipinski definition) is 0. The minimum Gasteiger partial charge on any atom is -0.462 e. The van der Waals surface area contributed by atoms with E-state index in [9.17, 15) is 10.1 Å². The van der Waals surface area contributed by atoms with Crippen LogP contribution in [0.1, 0.15) is 26.2 Å². The molecule has 0 bridgehead atoms. The first-order valence-corrected chi connectivity index (χ1v) is 5.66. The Hall–Kier alpha value is -1.62. The van der Waals surface area contributed by atoms with Gasteiger partial charge in [-0.1, -0.05) is 6.07 Å². The first-order valence-electron chi connectivity index (χ1n) is 5.66. The molecule has 0 aliphatic carbocycles. The predicted molar refractivity (Wildman–Crippen MR) is 61.9 cm³/mol. The van der Waals surface area contributed by atoms with Gasteiger partial charge in [-0.3, -0.25) is 10.1 Å². The Morgan fingerprint density at radius 2 is 2.29 bits per heavy atom. The molecule has 0 aromatic heterocycles. The van der Waals surface area contributed by atoms with Gasteiger partial charge in [-0.05, 0) is 18.9 Å². The lowest BCUT2D eigenvalue weighted by molar-refractivity contribution is -0.385. The maximum Gasteiger partial charge on any atom is 0.273 e. The van der Waals surface area contributed by atoms with Crippen LogP contribution in [0.4, 0.5) is 5.69 Å². The SMILES string of the molecule is CC1(Oc2cccc([N+](=O)[O-])c2)CCCCO1. The van der Waals surface area contributed by atoms with E-state index in [4.69, 9.17) is 9.47 Å². The highest BCUT2D eigenvalue weighted by Gasteiger charge is 2.30. The zero-order chi connectivity index (χ0) is 12.3. The fourth-order valence-corrected chi connectivity index (χ4v) is 1.90. The molecule has 0 radical (unpaired) electrons. The Labute approximate surface area is 99.5 Å². The summed E-state index contributed by atoms with van der Waals surface area (Å²) in [5.74, 6) is -0.184. The first kappa shape index (κ1) is 11.9. The van der Waals surface area contributed by atoms with Crippen molar-refractivity contribution in [2.24, 2.45) is 0 Å². The van der Waals surface area contributed by atoms with E-state index in [1.54, 1.807) is 12.1 Å². The van der Waals surface area contributed by atoms with E-state index in [0.717, 1.165) is 19.3 Å². The summed E-state index contributed by atoms with van der Waals surface area (Å²) in [5.41, 5.74) is 0.0295. The molecule has 0 N–H and O–H groups in total. The summed E-state index contributed by atoms with van der Waals surface area (Å²) in [7, 11) is 0. The molecule has 5 heteroatoms. The van der Waals surface area contributed by atoms with Crippen LogP contribution in [0.5, 0.6) is 5.75 Å². The molecule has 2 rings (SSSR count). The van der Waals surface area contributed by atoms with E-state index in [1.807, 2.05) is 6.92 Å². The molecule has 5 nitrogen and oxygen atoms in total. The van der Waals surface area contributed by atoms with E-state index in [2.05, 4.69) is 0 Å². The largest absolute Gasteiger partial charge is 0.462 e. The van der Waals surface area contributed by atoms with Crippen LogP contribution in [0.2, 0.25) is 0 Å². The lowest BCUT2D eigenvalue weighted by Crippen LogP contribution is -2.38. The van der Waals surface area contributed by atoms with Crippen molar-refractivity contribution in [3.8, 4) is 5.75 Å². The second kappa shape index (κ2) is 4.71.